The van der Waals surface area contributed by atoms with E-state index in [-0.39, 0.29) is 12.5 Å². The van der Waals surface area contributed by atoms with E-state index in [1.165, 1.54) is 0 Å². The van der Waals surface area contributed by atoms with Crippen molar-refractivity contribution in [2.75, 3.05) is 11.9 Å². The summed E-state index contributed by atoms with van der Waals surface area (Å²) in [6.07, 6.45) is -0.645. The van der Waals surface area contributed by atoms with Crippen molar-refractivity contribution in [3.8, 4) is 5.75 Å². The zero-order chi connectivity index (χ0) is 15.6. The molecule has 1 aliphatic heterocycles. The van der Waals surface area contributed by atoms with Gasteiger partial charge in [0.1, 0.15) is 24.0 Å². The summed E-state index contributed by atoms with van der Waals surface area (Å²) >= 11 is 0. The maximum atomic E-state index is 12.2. The first kappa shape index (κ1) is 15.2. The van der Waals surface area contributed by atoms with E-state index in [0.717, 1.165) is 5.56 Å². The van der Waals surface area contributed by atoms with Gasteiger partial charge in [-0.15, -0.1) is 0 Å². The largest absolute Gasteiger partial charge is 0.489 e. The van der Waals surface area contributed by atoms with E-state index >= 15 is 0 Å². The molecular formula is C15H20N2O4. The van der Waals surface area contributed by atoms with Crippen molar-refractivity contribution in [1.82, 2.24) is 5.32 Å². The van der Waals surface area contributed by atoms with E-state index < -0.39 is 17.7 Å². The van der Waals surface area contributed by atoms with Crippen molar-refractivity contribution < 1.29 is 19.1 Å². The zero-order valence-electron chi connectivity index (χ0n) is 12.6. The van der Waals surface area contributed by atoms with E-state index in [0.29, 0.717) is 11.4 Å². The van der Waals surface area contributed by atoms with Crippen LogP contribution in [0.3, 0.4) is 0 Å². The van der Waals surface area contributed by atoms with E-state index in [4.69, 9.17) is 9.47 Å². The molecule has 2 N–H and O–H groups in total. The molecule has 0 aliphatic carbocycles. The Balaban J connectivity index is 2.07. The van der Waals surface area contributed by atoms with Crippen LogP contribution in [0.25, 0.3) is 0 Å². The number of rotatable bonds is 1. The van der Waals surface area contributed by atoms with Crippen molar-refractivity contribution in [2.24, 2.45) is 0 Å². The number of hydrogen-bond donors (Lipinski definition) is 2. The summed E-state index contributed by atoms with van der Waals surface area (Å²) in [5.74, 6) is 0.269. The Morgan fingerprint density at radius 3 is 2.81 bits per heavy atom. The number of carbonyl (C=O) groups is 2. The Kier molecular flexibility index (Phi) is 4.06. The standard InChI is InChI=1S/C15H20N2O4/c1-9-6-5-7-11-12(9)17-13(18)10(8-20-11)16-14(19)21-15(2,3)4/h5-7,10H,8H2,1-4H3,(H,16,19)(H,17,18)/t10-/m0/s1. The van der Waals surface area contributed by atoms with Crippen LogP contribution in [0.5, 0.6) is 5.75 Å². The summed E-state index contributed by atoms with van der Waals surface area (Å²) in [5.41, 5.74) is 0.917. The van der Waals surface area contributed by atoms with Crippen LogP contribution in [-0.4, -0.2) is 30.3 Å². The van der Waals surface area contributed by atoms with Crippen LogP contribution in [0, 0.1) is 6.92 Å². The number of anilines is 1. The van der Waals surface area contributed by atoms with Gasteiger partial charge in [0.05, 0.1) is 5.69 Å². The predicted molar refractivity (Wildman–Crippen MR) is 78.5 cm³/mol. The number of carbonyl (C=O) groups excluding carboxylic acids is 2. The molecular weight excluding hydrogens is 272 g/mol. The Morgan fingerprint density at radius 1 is 1.43 bits per heavy atom. The van der Waals surface area contributed by atoms with Gasteiger partial charge in [-0.1, -0.05) is 12.1 Å². The number of fused-ring (bicyclic) bond motifs is 1. The summed E-state index contributed by atoms with van der Waals surface area (Å²) in [7, 11) is 0. The van der Waals surface area contributed by atoms with Crippen molar-refractivity contribution >= 4 is 17.7 Å². The number of nitrogens with one attached hydrogen (secondary N) is 2. The van der Waals surface area contributed by atoms with Gasteiger partial charge in [0, 0.05) is 0 Å². The SMILES string of the molecule is Cc1cccc2c1NC(=O)[C@@H](NC(=O)OC(C)(C)C)CO2. The van der Waals surface area contributed by atoms with Crippen LogP contribution < -0.4 is 15.4 Å². The molecule has 0 radical (unpaired) electrons. The summed E-state index contributed by atoms with van der Waals surface area (Å²) in [6.45, 7) is 7.21. The van der Waals surface area contributed by atoms with Gasteiger partial charge >= 0.3 is 6.09 Å². The second-order valence-corrected chi connectivity index (χ2v) is 5.95. The lowest BCUT2D eigenvalue weighted by Crippen LogP contribution is -2.48. The molecule has 0 saturated carbocycles. The molecule has 114 valence electrons. The lowest BCUT2D eigenvalue weighted by Gasteiger charge is -2.22. The quantitative estimate of drug-likeness (QED) is 0.832. The molecule has 1 aromatic carbocycles. The first-order valence-corrected chi connectivity index (χ1v) is 6.79. The number of ether oxygens (including phenoxy) is 2. The summed E-state index contributed by atoms with van der Waals surface area (Å²) in [5, 5.41) is 5.30. The van der Waals surface area contributed by atoms with Crippen molar-refractivity contribution in [2.45, 2.75) is 39.3 Å². The Bertz CT molecular complexity index is 563. The molecule has 2 rings (SSSR count). The van der Waals surface area contributed by atoms with Gasteiger partial charge in [0.15, 0.2) is 0 Å². The molecule has 6 heteroatoms. The molecule has 0 aromatic heterocycles. The molecule has 0 fully saturated rings. The van der Waals surface area contributed by atoms with Gasteiger partial charge in [-0.05, 0) is 39.3 Å². The molecule has 6 nitrogen and oxygen atoms in total. The van der Waals surface area contributed by atoms with Gasteiger partial charge < -0.3 is 20.1 Å². The fourth-order valence-corrected chi connectivity index (χ4v) is 1.94. The highest BCUT2D eigenvalue weighted by Gasteiger charge is 2.28. The monoisotopic (exact) mass is 292 g/mol. The van der Waals surface area contributed by atoms with Crippen molar-refractivity contribution in [3.63, 3.8) is 0 Å². The number of benzene rings is 1. The topological polar surface area (TPSA) is 76.7 Å². The first-order valence-electron chi connectivity index (χ1n) is 6.79. The second-order valence-electron chi connectivity index (χ2n) is 5.95. The van der Waals surface area contributed by atoms with Gasteiger partial charge in [-0.25, -0.2) is 4.79 Å². The van der Waals surface area contributed by atoms with Crippen molar-refractivity contribution in [3.05, 3.63) is 23.8 Å². The molecule has 21 heavy (non-hydrogen) atoms. The minimum Gasteiger partial charge on any atom is -0.489 e. The summed E-state index contributed by atoms with van der Waals surface area (Å²) < 4.78 is 10.7. The number of para-hydroxylation sites is 1. The van der Waals surface area contributed by atoms with Crippen LogP contribution >= 0.6 is 0 Å². The van der Waals surface area contributed by atoms with E-state index in [1.54, 1.807) is 26.8 Å². The lowest BCUT2D eigenvalue weighted by atomic mass is 10.2. The Hall–Kier alpha value is -2.24. The fourth-order valence-electron chi connectivity index (χ4n) is 1.94. The van der Waals surface area contributed by atoms with E-state index in [1.807, 2.05) is 19.1 Å². The maximum Gasteiger partial charge on any atom is 0.408 e. The predicted octanol–water partition coefficient (Wildman–Crippen LogP) is 2.22. The molecule has 0 bridgehead atoms. The van der Waals surface area contributed by atoms with Crippen LogP contribution in [0.1, 0.15) is 26.3 Å². The van der Waals surface area contributed by atoms with E-state index in [9.17, 15) is 9.59 Å². The average Bonchev–Trinajstić information content (AvgIpc) is 2.49. The fraction of sp³-hybridized carbons (Fsp3) is 0.467. The van der Waals surface area contributed by atoms with Crippen LogP contribution in [0.15, 0.2) is 18.2 Å². The minimum absolute atomic E-state index is 0.0571. The van der Waals surface area contributed by atoms with Gasteiger partial charge in [0.2, 0.25) is 0 Å². The smallest absolute Gasteiger partial charge is 0.408 e. The third-order valence-electron chi connectivity index (χ3n) is 2.90. The molecule has 1 atom stereocenters. The number of alkyl carbamates (subject to hydrolysis) is 1. The van der Waals surface area contributed by atoms with Gasteiger partial charge in [0.25, 0.3) is 5.91 Å². The average molecular weight is 292 g/mol. The molecule has 1 aliphatic rings. The third kappa shape index (κ3) is 3.87. The molecule has 0 spiro atoms. The molecule has 0 unspecified atom stereocenters. The highest BCUT2D eigenvalue weighted by molar-refractivity contribution is 5.99. The molecule has 1 heterocycles. The van der Waals surface area contributed by atoms with Gasteiger partial charge in [-0.2, -0.15) is 0 Å². The highest BCUT2D eigenvalue weighted by Crippen LogP contribution is 2.30. The molecule has 1 aromatic rings. The van der Waals surface area contributed by atoms with Crippen LogP contribution in [0.4, 0.5) is 10.5 Å². The first-order chi connectivity index (χ1) is 9.76. The Labute approximate surface area is 123 Å². The summed E-state index contributed by atoms with van der Waals surface area (Å²) in [4.78, 5) is 23.9. The van der Waals surface area contributed by atoms with Crippen LogP contribution in [-0.2, 0) is 9.53 Å². The van der Waals surface area contributed by atoms with Crippen molar-refractivity contribution in [1.29, 1.82) is 0 Å². The van der Waals surface area contributed by atoms with E-state index in [2.05, 4.69) is 10.6 Å². The second kappa shape index (κ2) is 5.63. The Morgan fingerprint density at radius 2 is 2.14 bits per heavy atom. The zero-order valence-corrected chi connectivity index (χ0v) is 12.6. The molecule has 2 amide bonds. The van der Waals surface area contributed by atoms with Crippen LogP contribution in [0.2, 0.25) is 0 Å². The maximum absolute atomic E-state index is 12.2. The normalized spacial score (nSPS) is 17.9. The number of aryl methyl sites for hydroxylation is 1. The summed E-state index contributed by atoms with van der Waals surface area (Å²) in [6, 6.07) is 4.71. The third-order valence-corrected chi connectivity index (χ3v) is 2.90. The lowest BCUT2D eigenvalue weighted by molar-refractivity contribution is -0.118. The number of amides is 2. The number of hydrogen-bond acceptors (Lipinski definition) is 4. The van der Waals surface area contributed by atoms with Gasteiger partial charge in [-0.3, -0.25) is 4.79 Å². The molecule has 0 saturated heterocycles. The minimum atomic E-state index is -0.799. The highest BCUT2D eigenvalue weighted by atomic mass is 16.6.